The number of benzene rings is 4. The lowest BCUT2D eigenvalue weighted by molar-refractivity contribution is 0.737. The molecule has 1 aliphatic heterocycles. The molecule has 2 aliphatic rings. The largest absolute Gasteiger partial charge is 0.295 e. The number of hydrogen-bond donors (Lipinski definition) is 0. The predicted octanol–water partition coefficient (Wildman–Crippen LogP) is 6.31. The molecule has 0 saturated carbocycles. The molecular formula is C26H15IN2. The van der Waals surface area contributed by atoms with Crippen LogP contribution in [0.1, 0.15) is 22.5 Å². The van der Waals surface area contributed by atoms with Gasteiger partial charge in [-0.05, 0) is 80.7 Å². The molecule has 136 valence electrons. The van der Waals surface area contributed by atoms with Gasteiger partial charge in [-0.2, -0.15) is 0 Å². The van der Waals surface area contributed by atoms with Gasteiger partial charge in [-0.15, -0.1) is 0 Å². The molecule has 1 aliphatic carbocycles. The van der Waals surface area contributed by atoms with Gasteiger partial charge in [-0.1, -0.05) is 60.7 Å². The van der Waals surface area contributed by atoms with Crippen LogP contribution < -0.4 is 0 Å². The Morgan fingerprint density at radius 1 is 0.690 bits per heavy atom. The third-order valence-electron chi connectivity index (χ3n) is 6.45. The molecule has 1 atom stereocenters. The highest BCUT2D eigenvalue weighted by molar-refractivity contribution is 14.1. The molecule has 0 radical (unpaired) electrons. The van der Waals surface area contributed by atoms with Crippen LogP contribution >= 0.6 is 22.6 Å². The summed E-state index contributed by atoms with van der Waals surface area (Å²) in [6, 6.07) is 32.9. The monoisotopic (exact) mass is 482 g/mol. The summed E-state index contributed by atoms with van der Waals surface area (Å²) in [6.07, 6.45) is 0. The Hall–Kier alpha value is -2.92. The number of para-hydroxylation sites is 3. The van der Waals surface area contributed by atoms with Crippen LogP contribution in [-0.2, 0) is 5.41 Å². The maximum absolute atomic E-state index is 5.23. The van der Waals surface area contributed by atoms with E-state index >= 15 is 0 Å². The van der Waals surface area contributed by atoms with Crippen LogP contribution in [0.4, 0.5) is 0 Å². The van der Waals surface area contributed by atoms with E-state index in [1.807, 2.05) is 0 Å². The van der Waals surface area contributed by atoms with E-state index in [1.54, 1.807) is 0 Å². The van der Waals surface area contributed by atoms with Gasteiger partial charge >= 0.3 is 0 Å². The molecule has 0 N–H and O–H groups in total. The van der Waals surface area contributed by atoms with E-state index in [1.165, 1.54) is 42.6 Å². The molecule has 3 heteroatoms. The van der Waals surface area contributed by atoms with Gasteiger partial charge in [0.25, 0.3) is 0 Å². The number of aromatic nitrogens is 2. The van der Waals surface area contributed by atoms with Gasteiger partial charge in [0.2, 0.25) is 0 Å². The third kappa shape index (κ3) is 1.76. The highest BCUT2D eigenvalue weighted by atomic mass is 127. The quantitative estimate of drug-likeness (QED) is 0.232. The lowest BCUT2D eigenvalue weighted by atomic mass is 9.73. The van der Waals surface area contributed by atoms with Crippen molar-refractivity contribution in [3.63, 3.8) is 0 Å². The van der Waals surface area contributed by atoms with Crippen molar-refractivity contribution >= 4 is 33.6 Å². The Kier molecular flexibility index (Phi) is 2.95. The van der Waals surface area contributed by atoms with Crippen molar-refractivity contribution in [1.82, 2.24) is 9.55 Å². The number of fused-ring (bicyclic) bond motifs is 12. The second-order valence-electron chi connectivity index (χ2n) is 7.76. The molecule has 0 amide bonds. The normalized spacial score (nSPS) is 18.0. The van der Waals surface area contributed by atoms with Gasteiger partial charge in [0.15, 0.2) is 0 Å². The van der Waals surface area contributed by atoms with E-state index in [-0.39, 0.29) is 5.41 Å². The highest BCUT2D eigenvalue weighted by Crippen LogP contribution is 2.60. The summed E-state index contributed by atoms with van der Waals surface area (Å²) in [7, 11) is 0. The van der Waals surface area contributed by atoms with Crippen molar-refractivity contribution in [2.45, 2.75) is 5.41 Å². The summed E-state index contributed by atoms with van der Waals surface area (Å²) >= 11 is 2.43. The van der Waals surface area contributed by atoms with E-state index in [0.29, 0.717) is 0 Å². The molecule has 29 heavy (non-hydrogen) atoms. The molecule has 7 rings (SSSR count). The summed E-state index contributed by atoms with van der Waals surface area (Å²) < 4.78 is 3.62. The van der Waals surface area contributed by atoms with E-state index in [2.05, 4.69) is 118 Å². The molecule has 1 unspecified atom stereocenters. The van der Waals surface area contributed by atoms with Crippen LogP contribution in [0.25, 0.3) is 27.8 Å². The summed E-state index contributed by atoms with van der Waals surface area (Å²) in [6.45, 7) is 0. The minimum Gasteiger partial charge on any atom is -0.295 e. The molecule has 5 aromatic rings. The van der Waals surface area contributed by atoms with Crippen LogP contribution in [-0.4, -0.2) is 9.55 Å². The Morgan fingerprint density at radius 3 is 2.34 bits per heavy atom. The number of imidazole rings is 1. The van der Waals surface area contributed by atoms with Gasteiger partial charge < -0.3 is 0 Å². The number of halogens is 1. The zero-order valence-corrected chi connectivity index (χ0v) is 17.6. The van der Waals surface area contributed by atoms with Crippen molar-refractivity contribution in [3.05, 3.63) is 117 Å². The molecule has 1 spiro atoms. The Bertz CT molecular complexity index is 1480. The fourth-order valence-corrected chi connectivity index (χ4v) is 5.90. The van der Waals surface area contributed by atoms with Gasteiger partial charge in [0.1, 0.15) is 11.2 Å². The fraction of sp³-hybridized carbons (Fsp3) is 0.0385. The van der Waals surface area contributed by atoms with Crippen LogP contribution in [0.15, 0.2) is 91.0 Å². The molecule has 0 saturated heterocycles. The summed E-state index contributed by atoms with van der Waals surface area (Å²) in [5, 5.41) is 0. The average Bonchev–Trinajstić information content (AvgIpc) is 3.37. The molecule has 0 bridgehead atoms. The van der Waals surface area contributed by atoms with E-state index in [0.717, 1.165) is 11.3 Å². The molecule has 4 aromatic carbocycles. The van der Waals surface area contributed by atoms with Crippen LogP contribution in [0, 0.1) is 3.57 Å². The Balaban J connectivity index is 1.76. The fourth-order valence-electron chi connectivity index (χ4n) is 5.41. The first-order valence-corrected chi connectivity index (χ1v) is 10.9. The number of rotatable bonds is 0. The summed E-state index contributed by atoms with van der Waals surface area (Å²) in [4.78, 5) is 5.23. The second-order valence-corrected chi connectivity index (χ2v) is 9.01. The molecule has 0 fully saturated rings. The first kappa shape index (κ1) is 15.9. The van der Waals surface area contributed by atoms with Crippen molar-refractivity contribution in [2.75, 3.05) is 0 Å². The van der Waals surface area contributed by atoms with Crippen molar-refractivity contribution in [2.24, 2.45) is 0 Å². The zero-order valence-electron chi connectivity index (χ0n) is 15.4. The first-order chi connectivity index (χ1) is 14.3. The Labute approximate surface area is 182 Å². The molecule has 2 nitrogen and oxygen atoms in total. The molecule has 1 aromatic heterocycles. The minimum absolute atomic E-state index is 0.372. The average molecular weight is 482 g/mol. The van der Waals surface area contributed by atoms with E-state index < -0.39 is 0 Å². The topological polar surface area (TPSA) is 17.8 Å². The first-order valence-electron chi connectivity index (χ1n) is 9.78. The van der Waals surface area contributed by atoms with Crippen LogP contribution in [0.5, 0.6) is 0 Å². The molecular weight excluding hydrogens is 467 g/mol. The van der Waals surface area contributed by atoms with Crippen molar-refractivity contribution in [3.8, 4) is 16.8 Å². The zero-order chi connectivity index (χ0) is 19.2. The predicted molar refractivity (Wildman–Crippen MR) is 125 cm³/mol. The summed E-state index contributed by atoms with van der Waals surface area (Å²) in [5.41, 5.74) is 9.70. The van der Waals surface area contributed by atoms with Crippen molar-refractivity contribution < 1.29 is 0 Å². The summed E-state index contributed by atoms with van der Waals surface area (Å²) in [5.74, 6) is 1.10. The lowest BCUT2D eigenvalue weighted by Gasteiger charge is -2.27. The number of hydrogen-bond acceptors (Lipinski definition) is 1. The van der Waals surface area contributed by atoms with Crippen LogP contribution in [0.2, 0.25) is 0 Å². The van der Waals surface area contributed by atoms with Crippen LogP contribution in [0.3, 0.4) is 0 Å². The lowest BCUT2D eigenvalue weighted by Crippen LogP contribution is -2.27. The minimum atomic E-state index is -0.372. The number of nitrogens with zero attached hydrogens (tertiary/aromatic N) is 2. The van der Waals surface area contributed by atoms with E-state index in [9.17, 15) is 0 Å². The van der Waals surface area contributed by atoms with Gasteiger partial charge in [0, 0.05) is 3.57 Å². The third-order valence-corrected chi connectivity index (χ3v) is 7.12. The Morgan fingerprint density at radius 2 is 1.41 bits per heavy atom. The van der Waals surface area contributed by atoms with Crippen molar-refractivity contribution in [1.29, 1.82) is 0 Å². The maximum atomic E-state index is 5.23. The SMILES string of the molecule is Ic1ccc2c(c1)C1(c3ccccc3-2)c2ccccc2-n2c1nc1ccccc12. The second kappa shape index (κ2) is 5.36. The molecule has 2 heterocycles. The standard InChI is InChI=1S/C26H15IN2/c27-16-13-14-18-17-7-1-2-8-19(17)26(21(18)15-16)20-9-3-5-11-23(20)29-24-12-6-4-10-22(24)28-25(26)29/h1-15H. The van der Waals surface area contributed by atoms with E-state index in [4.69, 9.17) is 4.98 Å². The van der Waals surface area contributed by atoms with Gasteiger partial charge in [-0.3, -0.25) is 4.57 Å². The maximum Gasteiger partial charge on any atom is 0.134 e. The smallest absolute Gasteiger partial charge is 0.134 e. The van der Waals surface area contributed by atoms with Gasteiger partial charge in [0.05, 0.1) is 16.7 Å². The van der Waals surface area contributed by atoms with Gasteiger partial charge in [-0.25, -0.2) is 4.98 Å². The highest BCUT2D eigenvalue weighted by Gasteiger charge is 2.54.